The van der Waals surface area contributed by atoms with Gasteiger partial charge in [0.1, 0.15) is 17.6 Å². The highest BCUT2D eigenvalue weighted by Crippen LogP contribution is 2.43. The molecule has 2 aromatic heterocycles. The van der Waals surface area contributed by atoms with Crippen molar-refractivity contribution in [2.24, 2.45) is 5.92 Å². The van der Waals surface area contributed by atoms with Crippen molar-refractivity contribution in [2.45, 2.75) is 64.2 Å². The van der Waals surface area contributed by atoms with Gasteiger partial charge in [-0.2, -0.15) is 13.2 Å². The van der Waals surface area contributed by atoms with Crippen LogP contribution in [0.2, 0.25) is 0 Å². The highest BCUT2D eigenvalue weighted by Gasteiger charge is 2.49. The summed E-state index contributed by atoms with van der Waals surface area (Å²) in [7, 11) is 0. The topological polar surface area (TPSA) is 84.4 Å². The van der Waals surface area contributed by atoms with Crippen molar-refractivity contribution in [1.82, 2.24) is 14.9 Å². The number of carbonyl (C=O) groups is 2. The van der Waals surface area contributed by atoms with Gasteiger partial charge in [-0.25, -0.2) is 23.5 Å². The summed E-state index contributed by atoms with van der Waals surface area (Å²) < 4.78 is 73.5. The number of aromatic nitrogens is 2. The fourth-order valence-corrected chi connectivity index (χ4v) is 5.26. The van der Waals surface area contributed by atoms with Crippen molar-refractivity contribution < 1.29 is 36.3 Å². The number of carbonyl (C=O) groups excluding carboxylic acids is 2. The summed E-state index contributed by atoms with van der Waals surface area (Å²) in [4.78, 5) is 35.3. The number of nitrogens with one attached hydrogen (secondary N) is 1. The average Bonchev–Trinajstić information content (AvgIpc) is 3.39. The molecule has 0 radical (unpaired) electrons. The third-order valence-corrected chi connectivity index (χ3v) is 7.33. The number of esters is 1. The zero-order valence-corrected chi connectivity index (χ0v) is 20.4. The fourth-order valence-electron chi connectivity index (χ4n) is 4.27. The molecule has 4 rings (SSSR count). The summed E-state index contributed by atoms with van der Waals surface area (Å²) in [6, 6.07) is -1.13. The van der Waals surface area contributed by atoms with Crippen molar-refractivity contribution in [3.05, 3.63) is 28.5 Å². The van der Waals surface area contributed by atoms with Gasteiger partial charge in [0.05, 0.1) is 11.5 Å². The van der Waals surface area contributed by atoms with Gasteiger partial charge in [-0.3, -0.25) is 4.79 Å². The van der Waals surface area contributed by atoms with E-state index >= 15 is 0 Å². The molecule has 13 heteroatoms. The first-order valence-electron chi connectivity index (χ1n) is 11.6. The number of thiazole rings is 1. The predicted octanol–water partition coefficient (Wildman–Crippen LogP) is 5.70. The predicted molar refractivity (Wildman–Crippen MR) is 122 cm³/mol. The van der Waals surface area contributed by atoms with E-state index in [0.717, 1.165) is 25.1 Å². The SMILES string of the molecule is CCOC(=O)c1nc(C(=O)N2CCC[C@@H]2C)c(-c2cnc(N[C@H](C3CC3)C(F)(F)F)cc2C(F)F)s1. The summed E-state index contributed by atoms with van der Waals surface area (Å²) >= 11 is 0.713. The Kier molecular flexibility index (Phi) is 7.48. The van der Waals surface area contributed by atoms with Crippen LogP contribution >= 0.6 is 11.3 Å². The van der Waals surface area contributed by atoms with E-state index in [1.54, 1.807) is 11.8 Å². The van der Waals surface area contributed by atoms with Crippen LogP contribution in [-0.2, 0) is 4.74 Å². The highest BCUT2D eigenvalue weighted by molar-refractivity contribution is 7.17. The number of rotatable bonds is 8. The molecular weight excluding hydrogens is 507 g/mol. The van der Waals surface area contributed by atoms with Crippen molar-refractivity contribution in [3.63, 3.8) is 0 Å². The first-order valence-corrected chi connectivity index (χ1v) is 12.4. The van der Waals surface area contributed by atoms with Crippen molar-refractivity contribution in [1.29, 1.82) is 0 Å². The van der Waals surface area contributed by atoms with Crippen LogP contribution in [-0.4, -0.2) is 58.2 Å². The van der Waals surface area contributed by atoms with Crippen LogP contribution in [0.4, 0.5) is 27.8 Å². The molecule has 0 unspecified atom stereocenters. The van der Waals surface area contributed by atoms with Crippen LogP contribution in [0.5, 0.6) is 0 Å². The average molecular weight is 533 g/mol. The van der Waals surface area contributed by atoms with Gasteiger partial charge in [0.15, 0.2) is 0 Å². The molecule has 1 saturated heterocycles. The standard InChI is InChI=1S/C23H25F5N4O3S/c1-3-35-22(34)20-31-16(21(33)32-8-4-5-11(32)2)17(36-20)14-10-29-15(9-13(14)19(24)25)30-18(12-6-7-12)23(26,27)28/h9-12,18-19H,3-8H2,1-2H3,(H,29,30)/t11-,18+/m0/s1. The lowest BCUT2D eigenvalue weighted by atomic mass is 10.1. The molecule has 1 amide bonds. The molecule has 0 bridgehead atoms. The fraction of sp³-hybridized carbons (Fsp3) is 0.565. The Morgan fingerprint density at radius 2 is 2.00 bits per heavy atom. The van der Waals surface area contributed by atoms with Crippen molar-refractivity contribution in [3.8, 4) is 10.4 Å². The van der Waals surface area contributed by atoms with Crippen LogP contribution in [0.1, 0.15) is 71.8 Å². The monoisotopic (exact) mass is 532 g/mol. The largest absolute Gasteiger partial charge is 0.461 e. The molecule has 2 atom stereocenters. The van der Waals surface area contributed by atoms with E-state index in [2.05, 4.69) is 15.3 Å². The highest BCUT2D eigenvalue weighted by atomic mass is 32.1. The second-order valence-corrected chi connectivity index (χ2v) is 9.86. The van der Waals surface area contributed by atoms with Crippen LogP contribution in [0.3, 0.4) is 0 Å². The van der Waals surface area contributed by atoms with E-state index in [-0.39, 0.29) is 39.6 Å². The molecule has 36 heavy (non-hydrogen) atoms. The lowest BCUT2D eigenvalue weighted by Crippen LogP contribution is -2.38. The van der Waals surface area contributed by atoms with E-state index in [1.165, 1.54) is 0 Å². The van der Waals surface area contributed by atoms with E-state index in [9.17, 15) is 31.5 Å². The summed E-state index contributed by atoms with van der Waals surface area (Å²) in [5, 5.41) is 2.07. The molecule has 1 saturated carbocycles. The number of alkyl halides is 5. The van der Waals surface area contributed by atoms with Crippen LogP contribution in [0, 0.1) is 5.92 Å². The number of anilines is 1. The van der Waals surface area contributed by atoms with Crippen molar-refractivity contribution in [2.75, 3.05) is 18.5 Å². The van der Waals surface area contributed by atoms with Gasteiger partial charge in [-0.1, -0.05) is 0 Å². The zero-order chi connectivity index (χ0) is 26.2. The maximum absolute atomic E-state index is 14.1. The van der Waals surface area contributed by atoms with Crippen LogP contribution < -0.4 is 5.32 Å². The van der Waals surface area contributed by atoms with E-state index in [4.69, 9.17) is 4.74 Å². The molecule has 2 aromatic rings. The first kappa shape index (κ1) is 26.2. The molecule has 7 nitrogen and oxygen atoms in total. The normalized spacial score (nSPS) is 19.0. The Hall–Kier alpha value is -2.83. The lowest BCUT2D eigenvalue weighted by molar-refractivity contribution is -0.146. The number of hydrogen-bond acceptors (Lipinski definition) is 7. The number of pyridine rings is 1. The minimum atomic E-state index is -4.56. The molecule has 1 aliphatic carbocycles. The molecule has 1 aliphatic heterocycles. The van der Waals surface area contributed by atoms with Gasteiger partial charge in [0.2, 0.25) is 5.01 Å². The summed E-state index contributed by atoms with van der Waals surface area (Å²) in [6.45, 7) is 3.94. The zero-order valence-electron chi connectivity index (χ0n) is 19.6. The minimum Gasteiger partial charge on any atom is -0.461 e. The first-order chi connectivity index (χ1) is 17.0. The van der Waals surface area contributed by atoms with E-state index in [0.29, 0.717) is 30.7 Å². The van der Waals surface area contributed by atoms with Gasteiger partial charge in [-0.15, -0.1) is 11.3 Å². The van der Waals surface area contributed by atoms with E-state index < -0.39 is 42.0 Å². The summed E-state index contributed by atoms with van der Waals surface area (Å²) in [5.41, 5.74) is -0.979. The number of likely N-dealkylation sites (tertiary alicyclic amines) is 1. The van der Waals surface area contributed by atoms with Gasteiger partial charge in [-0.05, 0) is 51.5 Å². The maximum Gasteiger partial charge on any atom is 0.408 e. The molecule has 1 N–H and O–H groups in total. The number of halogens is 5. The summed E-state index contributed by atoms with van der Waals surface area (Å²) in [5.74, 6) is -2.31. The maximum atomic E-state index is 14.1. The molecule has 3 heterocycles. The molecule has 0 aromatic carbocycles. The molecular formula is C23H25F5N4O3S. The van der Waals surface area contributed by atoms with Gasteiger partial charge >= 0.3 is 12.1 Å². The Morgan fingerprint density at radius 3 is 2.56 bits per heavy atom. The van der Waals surface area contributed by atoms with Gasteiger partial charge in [0.25, 0.3) is 12.3 Å². The van der Waals surface area contributed by atoms with Crippen LogP contribution in [0.25, 0.3) is 10.4 Å². The second-order valence-electron chi connectivity index (χ2n) is 8.87. The molecule has 2 aliphatic rings. The number of ether oxygens (including phenoxy) is 1. The quantitative estimate of drug-likeness (QED) is 0.347. The third-order valence-electron chi connectivity index (χ3n) is 6.26. The molecule has 2 fully saturated rings. The number of hydrogen-bond donors (Lipinski definition) is 1. The minimum absolute atomic E-state index is 0.00827. The molecule has 196 valence electrons. The number of amides is 1. The van der Waals surface area contributed by atoms with Gasteiger partial charge in [0, 0.05) is 29.9 Å². The van der Waals surface area contributed by atoms with E-state index in [1.807, 2.05) is 6.92 Å². The van der Waals surface area contributed by atoms with Crippen molar-refractivity contribution >= 4 is 29.0 Å². The summed E-state index contributed by atoms with van der Waals surface area (Å²) in [6.07, 6.45) is -4.36. The Balaban J connectivity index is 1.76. The Labute approximate surface area is 208 Å². The lowest BCUT2D eigenvalue weighted by Gasteiger charge is -2.23. The van der Waals surface area contributed by atoms with Crippen LogP contribution in [0.15, 0.2) is 12.3 Å². The third kappa shape index (κ3) is 5.45. The second kappa shape index (κ2) is 10.3. The Bertz CT molecular complexity index is 1140. The van der Waals surface area contributed by atoms with Gasteiger partial charge < -0.3 is 15.0 Å². The molecule has 0 spiro atoms. The Morgan fingerprint density at radius 1 is 1.28 bits per heavy atom. The number of nitrogens with zero attached hydrogens (tertiary/aromatic N) is 3. The smallest absolute Gasteiger partial charge is 0.408 e.